The van der Waals surface area contributed by atoms with Crippen LogP contribution in [0.2, 0.25) is 0 Å². The molecule has 0 spiro atoms. The Morgan fingerprint density at radius 3 is 2.59 bits per heavy atom. The van der Waals surface area contributed by atoms with Crippen LogP contribution in [0.3, 0.4) is 0 Å². The number of aliphatic hydroxyl groups excluding tert-OH is 1. The number of ketones is 1. The number of rotatable bonds is 4. The third kappa shape index (κ3) is 3.62. The summed E-state index contributed by atoms with van der Waals surface area (Å²) in [6.07, 6.45) is 0. The lowest BCUT2D eigenvalue weighted by molar-refractivity contribution is -0.132. The Labute approximate surface area is 198 Å². The summed E-state index contributed by atoms with van der Waals surface area (Å²) in [5.41, 5.74) is 2.45. The van der Waals surface area contributed by atoms with Gasteiger partial charge in [-0.25, -0.2) is 9.37 Å². The van der Waals surface area contributed by atoms with E-state index in [0.29, 0.717) is 22.0 Å². The summed E-state index contributed by atoms with van der Waals surface area (Å²) in [6, 6.07) is 16.8. The van der Waals surface area contributed by atoms with Gasteiger partial charge in [0.1, 0.15) is 17.3 Å². The second-order valence-corrected chi connectivity index (χ2v) is 8.93. The number of halogens is 1. The number of methoxy groups -OCH3 is 1. The number of hydrogen-bond acceptors (Lipinski definition) is 6. The molecule has 0 saturated carbocycles. The van der Waals surface area contributed by atoms with Gasteiger partial charge in [0.2, 0.25) is 0 Å². The Balaban J connectivity index is 1.74. The van der Waals surface area contributed by atoms with E-state index in [-0.39, 0.29) is 16.9 Å². The van der Waals surface area contributed by atoms with Crippen molar-refractivity contribution < 1.29 is 23.8 Å². The van der Waals surface area contributed by atoms with Crippen molar-refractivity contribution in [2.75, 3.05) is 12.0 Å². The predicted molar refractivity (Wildman–Crippen MR) is 129 cm³/mol. The van der Waals surface area contributed by atoms with E-state index in [1.165, 1.54) is 47.6 Å². The van der Waals surface area contributed by atoms with Gasteiger partial charge < -0.3 is 9.84 Å². The number of benzene rings is 3. The van der Waals surface area contributed by atoms with Crippen LogP contribution in [0.1, 0.15) is 22.7 Å². The van der Waals surface area contributed by atoms with Crippen LogP contribution in [0, 0.1) is 12.7 Å². The average Bonchev–Trinajstić information content (AvgIpc) is 3.37. The monoisotopic (exact) mass is 474 g/mol. The maximum absolute atomic E-state index is 13.5. The summed E-state index contributed by atoms with van der Waals surface area (Å²) < 4.78 is 19.7. The minimum Gasteiger partial charge on any atom is -0.507 e. The van der Waals surface area contributed by atoms with Gasteiger partial charge in [0, 0.05) is 5.56 Å². The van der Waals surface area contributed by atoms with Crippen LogP contribution in [-0.4, -0.2) is 28.9 Å². The smallest absolute Gasteiger partial charge is 0.301 e. The Bertz CT molecular complexity index is 1480. The van der Waals surface area contributed by atoms with Crippen molar-refractivity contribution in [2.24, 2.45) is 0 Å². The van der Waals surface area contributed by atoms with E-state index in [1.54, 1.807) is 24.3 Å². The van der Waals surface area contributed by atoms with Crippen LogP contribution in [0.25, 0.3) is 16.0 Å². The maximum atomic E-state index is 13.5. The predicted octanol–water partition coefficient (Wildman–Crippen LogP) is 5.38. The second kappa shape index (κ2) is 8.39. The van der Waals surface area contributed by atoms with Crippen molar-refractivity contribution in [1.29, 1.82) is 0 Å². The molecule has 5 rings (SSSR count). The Morgan fingerprint density at radius 2 is 1.85 bits per heavy atom. The normalized spacial score (nSPS) is 17.5. The van der Waals surface area contributed by atoms with E-state index in [4.69, 9.17) is 4.74 Å². The first-order chi connectivity index (χ1) is 16.4. The number of amides is 1. The van der Waals surface area contributed by atoms with Gasteiger partial charge in [-0.05, 0) is 66.6 Å². The molecule has 8 heteroatoms. The summed E-state index contributed by atoms with van der Waals surface area (Å²) in [5, 5.41) is 11.4. The van der Waals surface area contributed by atoms with Gasteiger partial charge in [-0.3, -0.25) is 14.5 Å². The first-order valence-electron chi connectivity index (χ1n) is 10.5. The highest BCUT2D eigenvalue weighted by Gasteiger charge is 2.48. The third-order valence-corrected chi connectivity index (χ3v) is 6.73. The molecule has 1 amide bonds. The molecule has 3 aromatic carbocycles. The van der Waals surface area contributed by atoms with E-state index in [0.717, 1.165) is 10.3 Å². The number of aromatic nitrogens is 1. The zero-order valence-corrected chi connectivity index (χ0v) is 19.1. The Kier molecular flexibility index (Phi) is 5.37. The van der Waals surface area contributed by atoms with Gasteiger partial charge in [-0.15, -0.1) is 0 Å². The fourth-order valence-electron chi connectivity index (χ4n) is 4.04. The van der Waals surface area contributed by atoms with E-state index >= 15 is 0 Å². The number of carbonyl (C=O) groups excluding carboxylic acids is 2. The fourth-order valence-corrected chi connectivity index (χ4v) is 5.13. The molecule has 1 fully saturated rings. The molecule has 1 N–H and O–H groups in total. The third-order valence-electron chi connectivity index (χ3n) is 5.71. The molecule has 0 radical (unpaired) electrons. The van der Waals surface area contributed by atoms with Gasteiger partial charge in [0.15, 0.2) is 5.13 Å². The summed E-state index contributed by atoms with van der Waals surface area (Å²) in [6.45, 7) is 1.96. The molecule has 2 heterocycles. The molecule has 0 bridgehead atoms. The van der Waals surface area contributed by atoms with E-state index in [2.05, 4.69) is 4.98 Å². The highest BCUT2D eigenvalue weighted by atomic mass is 32.1. The second-order valence-electron chi connectivity index (χ2n) is 7.92. The van der Waals surface area contributed by atoms with Gasteiger partial charge in [0.25, 0.3) is 5.78 Å². The SMILES string of the molecule is COc1cccc([C@H]2/C(=C(\O)c3ccc(F)cc3)C(=O)C(=O)N2c2nc3ccc(C)cc3s2)c1. The molecule has 1 aliphatic heterocycles. The van der Waals surface area contributed by atoms with Crippen molar-refractivity contribution in [1.82, 2.24) is 4.98 Å². The molecule has 0 aliphatic carbocycles. The summed E-state index contributed by atoms with van der Waals surface area (Å²) >= 11 is 1.29. The molecular weight excluding hydrogens is 455 g/mol. The van der Waals surface area contributed by atoms with Gasteiger partial charge >= 0.3 is 5.91 Å². The van der Waals surface area contributed by atoms with Crippen molar-refractivity contribution >= 4 is 44.1 Å². The van der Waals surface area contributed by atoms with Crippen LogP contribution in [0.4, 0.5) is 9.52 Å². The van der Waals surface area contributed by atoms with Crippen LogP contribution in [0.15, 0.2) is 72.3 Å². The summed E-state index contributed by atoms with van der Waals surface area (Å²) in [5.74, 6) is -1.97. The lowest BCUT2D eigenvalue weighted by Crippen LogP contribution is -2.29. The lowest BCUT2D eigenvalue weighted by atomic mass is 9.95. The molecule has 1 aromatic heterocycles. The molecule has 4 aromatic rings. The van der Waals surface area contributed by atoms with Crippen molar-refractivity contribution in [3.05, 3.63) is 94.8 Å². The molecule has 1 saturated heterocycles. The van der Waals surface area contributed by atoms with Gasteiger partial charge in [0.05, 0.1) is 28.9 Å². The van der Waals surface area contributed by atoms with Crippen molar-refractivity contribution in [2.45, 2.75) is 13.0 Å². The standard InChI is InChI=1S/C26H19FN2O4S/c1-14-6-11-19-20(12-14)34-26(28-19)29-22(16-4-3-5-18(13-16)33-2)21(24(31)25(29)32)23(30)15-7-9-17(27)10-8-15/h3-13,22,30H,1-2H3/b23-21+/t22-/m0/s1. The van der Waals surface area contributed by atoms with Gasteiger partial charge in [-0.1, -0.05) is 29.5 Å². The molecule has 1 atom stereocenters. The number of hydrogen-bond donors (Lipinski definition) is 1. The number of thiazole rings is 1. The van der Waals surface area contributed by atoms with Crippen LogP contribution in [0.5, 0.6) is 5.75 Å². The number of nitrogens with zero attached hydrogens (tertiary/aromatic N) is 2. The van der Waals surface area contributed by atoms with Crippen LogP contribution >= 0.6 is 11.3 Å². The number of ether oxygens (including phenoxy) is 1. The molecule has 34 heavy (non-hydrogen) atoms. The molecular formula is C26H19FN2O4S. The zero-order valence-electron chi connectivity index (χ0n) is 18.3. The van der Waals surface area contributed by atoms with E-state index < -0.39 is 23.5 Å². The highest BCUT2D eigenvalue weighted by Crippen LogP contribution is 2.44. The first-order valence-corrected chi connectivity index (χ1v) is 11.3. The number of anilines is 1. The number of fused-ring (bicyclic) bond motifs is 1. The number of carbonyl (C=O) groups is 2. The fraction of sp³-hybridized carbons (Fsp3) is 0.115. The molecule has 0 unspecified atom stereocenters. The quantitative estimate of drug-likeness (QED) is 0.244. The number of aryl methyl sites for hydroxylation is 1. The van der Waals surface area contributed by atoms with Crippen molar-refractivity contribution in [3.63, 3.8) is 0 Å². The zero-order chi connectivity index (χ0) is 24.0. The number of aliphatic hydroxyl groups is 1. The number of Topliss-reactive ketones (excluding diaryl/α,β-unsaturated/α-hetero) is 1. The topological polar surface area (TPSA) is 79.7 Å². The van der Waals surface area contributed by atoms with Crippen molar-refractivity contribution in [3.8, 4) is 5.75 Å². The largest absolute Gasteiger partial charge is 0.507 e. The molecule has 170 valence electrons. The Hall–Kier alpha value is -4.04. The van der Waals surface area contributed by atoms with Gasteiger partial charge in [-0.2, -0.15) is 0 Å². The first kappa shape index (κ1) is 21.8. The van der Waals surface area contributed by atoms with Crippen LogP contribution in [-0.2, 0) is 9.59 Å². The minimum absolute atomic E-state index is 0.0969. The minimum atomic E-state index is -0.943. The lowest BCUT2D eigenvalue weighted by Gasteiger charge is -2.23. The highest BCUT2D eigenvalue weighted by molar-refractivity contribution is 7.22. The molecule has 6 nitrogen and oxygen atoms in total. The molecule has 1 aliphatic rings. The average molecular weight is 475 g/mol. The van der Waals surface area contributed by atoms with E-state index in [1.807, 2.05) is 25.1 Å². The summed E-state index contributed by atoms with van der Waals surface area (Å²) in [4.78, 5) is 32.5. The maximum Gasteiger partial charge on any atom is 0.301 e. The van der Waals surface area contributed by atoms with E-state index in [9.17, 15) is 19.1 Å². The summed E-state index contributed by atoms with van der Waals surface area (Å²) in [7, 11) is 1.52. The van der Waals surface area contributed by atoms with Crippen LogP contribution < -0.4 is 9.64 Å². The Morgan fingerprint density at radius 1 is 1.09 bits per heavy atom.